The second-order valence-electron chi connectivity index (χ2n) is 7.06. The Bertz CT molecular complexity index is 1200. The Morgan fingerprint density at radius 3 is 2.35 bits per heavy atom. The van der Waals surface area contributed by atoms with E-state index in [1.54, 1.807) is 0 Å². The van der Waals surface area contributed by atoms with Crippen molar-refractivity contribution in [2.24, 2.45) is 0 Å². The first kappa shape index (κ1) is 14.2. The molecule has 0 unspecified atom stereocenters. The van der Waals surface area contributed by atoms with Gasteiger partial charge in [-0.15, -0.1) is 0 Å². The first-order chi connectivity index (χ1) is 12.9. The summed E-state index contributed by atoms with van der Waals surface area (Å²) in [5.74, 6) is 0. The van der Waals surface area contributed by atoms with Crippen LogP contribution in [0.4, 0.5) is 0 Å². The third kappa shape index (κ3) is 1.98. The molecule has 3 heterocycles. The zero-order valence-corrected chi connectivity index (χ0v) is 15.7. The zero-order chi connectivity index (χ0) is 17.1. The molecule has 0 radical (unpaired) electrons. The largest absolute Gasteiger partial charge is 0.250 e. The molecule has 0 amide bonds. The Kier molecular flexibility index (Phi) is 2.85. The van der Waals surface area contributed by atoms with Crippen molar-refractivity contribution in [3.63, 3.8) is 0 Å². The summed E-state index contributed by atoms with van der Waals surface area (Å²) in [4.78, 5) is 9.98. The average Bonchev–Trinajstić information content (AvgIpc) is 3.25. The molecule has 1 aliphatic heterocycles. The Hall–Kier alpha value is -3.04. The van der Waals surface area contributed by atoms with Gasteiger partial charge in [0.2, 0.25) is 0 Å². The molecule has 0 atom stereocenters. The number of hydrogen-bond acceptors (Lipinski definition) is 2. The lowest BCUT2D eigenvalue weighted by Gasteiger charge is -2.07. The van der Waals surface area contributed by atoms with Crippen molar-refractivity contribution in [1.82, 2.24) is 9.97 Å². The number of benzene rings is 2. The van der Waals surface area contributed by atoms with E-state index in [0.717, 1.165) is 17.8 Å². The molecule has 122 valence electrons. The molecular weight excluding hydrogens is 332 g/mol. The van der Waals surface area contributed by atoms with Gasteiger partial charge in [-0.2, -0.15) is 0 Å². The minimum absolute atomic E-state index is 0.383. The highest BCUT2D eigenvalue weighted by atomic mass is 28.2. The Morgan fingerprint density at radius 2 is 1.38 bits per heavy atom. The van der Waals surface area contributed by atoms with Crippen molar-refractivity contribution in [1.29, 1.82) is 0 Å². The Balaban J connectivity index is 1.46. The van der Waals surface area contributed by atoms with E-state index in [4.69, 9.17) is 9.97 Å². The first-order valence-corrected chi connectivity index (χ1v) is 10.4. The van der Waals surface area contributed by atoms with Gasteiger partial charge < -0.3 is 0 Å². The van der Waals surface area contributed by atoms with E-state index in [2.05, 4.69) is 72.8 Å². The van der Waals surface area contributed by atoms with Gasteiger partial charge in [0.1, 0.15) is 0 Å². The second kappa shape index (κ2) is 5.23. The molecular formula is C23H16N2Si. The van der Waals surface area contributed by atoms with Gasteiger partial charge in [-0.25, -0.2) is 4.98 Å². The molecule has 0 spiro atoms. The zero-order valence-electron chi connectivity index (χ0n) is 14.2. The number of nitrogens with zero attached hydrogens (tertiary/aromatic N) is 2. The molecule has 2 aliphatic rings. The summed E-state index contributed by atoms with van der Waals surface area (Å²) in [5, 5.41) is 2.95. The van der Waals surface area contributed by atoms with Crippen LogP contribution in [-0.4, -0.2) is 19.5 Å². The third-order valence-corrected chi connectivity index (χ3v) is 7.48. The lowest BCUT2D eigenvalue weighted by molar-refractivity contribution is 1.12. The second-order valence-corrected chi connectivity index (χ2v) is 8.94. The lowest BCUT2D eigenvalue weighted by atomic mass is 10.1. The molecule has 0 N–H and O–H groups in total. The summed E-state index contributed by atoms with van der Waals surface area (Å²) in [5.41, 5.74) is 9.58. The quantitative estimate of drug-likeness (QED) is 0.427. The predicted molar refractivity (Wildman–Crippen MR) is 109 cm³/mol. The molecule has 2 aromatic heterocycles. The third-order valence-electron chi connectivity index (χ3n) is 5.53. The summed E-state index contributed by atoms with van der Waals surface area (Å²) in [6.07, 6.45) is 0.917. The molecule has 0 saturated heterocycles. The van der Waals surface area contributed by atoms with Gasteiger partial charge in [-0.1, -0.05) is 65.9 Å². The number of pyridine rings is 2. The van der Waals surface area contributed by atoms with Crippen LogP contribution in [0.25, 0.3) is 33.8 Å². The molecule has 6 rings (SSSR count). The van der Waals surface area contributed by atoms with Crippen molar-refractivity contribution in [2.75, 3.05) is 0 Å². The van der Waals surface area contributed by atoms with Crippen molar-refractivity contribution < 1.29 is 0 Å². The van der Waals surface area contributed by atoms with Gasteiger partial charge in [-0.05, 0) is 34.0 Å². The topological polar surface area (TPSA) is 25.8 Å². The summed E-state index contributed by atoms with van der Waals surface area (Å²) >= 11 is 0. The van der Waals surface area contributed by atoms with Gasteiger partial charge >= 0.3 is 0 Å². The summed E-state index contributed by atoms with van der Waals surface area (Å²) < 4.78 is 0. The van der Waals surface area contributed by atoms with Crippen LogP contribution in [0.15, 0.2) is 72.8 Å². The van der Waals surface area contributed by atoms with Crippen LogP contribution >= 0.6 is 0 Å². The van der Waals surface area contributed by atoms with Gasteiger partial charge in [0.15, 0.2) is 0 Å². The molecule has 26 heavy (non-hydrogen) atoms. The predicted octanol–water partition coefficient (Wildman–Crippen LogP) is 2.81. The maximum absolute atomic E-state index is 5.01. The van der Waals surface area contributed by atoms with E-state index in [1.165, 1.54) is 44.0 Å². The van der Waals surface area contributed by atoms with E-state index in [0.29, 0.717) is 0 Å². The van der Waals surface area contributed by atoms with Crippen LogP contribution < -0.4 is 10.4 Å². The fourth-order valence-corrected chi connectivity index (χ4v) is 6.07. The molecule has 4 aromatic rings. The monoisotopic (exact) mass is 348 g/mol. The average molecular weight is 348 g/mol. The van der Waals surface area contributed by atoms with Crippen molar-refractivity contribution in [3.8, 4) is 33.8 Å². The highest BCUT2D eigenvalue weighted by molar-refractivity contribution is 6.73. The highest BCUT2D eigenvalue weighted by Gasteiger charge is 2.22. The number of fused-ring (bicyclic) bond motifs is 6. The van der Waals surface area contributed by atoms with Gasteiger partial charge in [0.25, 0.3) is 0 Å². The number of rotatable bonds is 1. The van der Waals surface area contributed by atoms with E-state index in [9.17, 15) is 0 Å². The molecule has 3 heteroatoms. The van der Waals surface area contributed by atoms with Crippen molar-refractivity contribution in [3.05, 3.63) is 84.1 Å². The molecule has 2 nitrogen and oxygen atoms in total. The van der Waals surface area contributed by atoms with Crippen LogP contribution in [-0.2, 0) is 6.42 Å². The smallest absolute Gasteiger partial charge is 0.0912 e. The van der Waals surface area contributed by atoms with Crippen molar-refractivity contribution >= 4 is 19.9 Å². The fourth-order valence-electron chi connectivity index (χ4n) is 4.26. The Labute approximate surface area is 154 Å². The van der Waals surface area contributed by atoms with Crippen LogP contribution in [0.2, 0.25) is 0 Å². The molecule has 1 aliphatic carbocycles. The van der Waals surface area contributed by atoms with E-state index < -0.39 is 0 Å². The SMILES string of the molecule is c1ccc2c(c1)Cc1nc(-c3ccc4c(n3)-c3ccccc3[SiH2]4)ccc1-2. The van der Waals surface area contributed by atoms with Crippen LogP contribution in [0, 0.1) is 0 Å². The maximum Gasteiger partial charge on any atom is 0.0912 e. The Morgan fingerprint density at radius 1 is 0.615 bits per heavy atom. The van der Waals surface area contributed by atoms with Gasteiger partial charge in [0, 0.05) is 12.0 Å². The minimum atomic E-state index is -0.383. The summed E-state index contributed by atoms with van der Waals surface area (Å²) in [7, 11) is -0.383. The lowest BCUT2D eigenvalue weighted by Crippen LogP contribution is -2.20. The normalized spacial score (nSPS) is 14.0. The van der Waals surface area contributed by atoms with Crippen LogP contribution in [0.5, 0.6) is 0 Å². The van der Waals surface area contributed by atoms with E-state index in [-0.39, 0.29) is 9.52 Å². The van der Waals surface area contributed by atoms with Crippen LogP contribution in [0.1, 0.15) is 11.3 Å². The minimum Gasteiger partial charge on any atom is -0.250 e. The van der Waals surface area contributed by atoms with E-state index in [1.807, 2.05) is 0 Å². The fraction of sp³-hybridized carbons (Fsp3) is 0.0435. The summed E-state index contributed by atoms with van der Waals surface area (Å²) in [6.45, 7) is 0. The molecule has 0 fully saturated rings. The molecule has 2 aromatic carbocycles. The molecule has 0 saturated carbocycles. The molecule has 0 bridgehead atoms. The standard InChI is InChI=1S/C23H16N2Si/c1-2-6-15-14(5-1)13-20-16(15)9-10-18(24-20)19-11-12-22-23(25-19)17-7-3-4-8-21(17)26-22/h1-12H,13,26H2. The summed E-state index contributed by atoms with van der Waals surface area (Å²) in [6, 6.07) is 26.1. The highest BCUT2D eigenvalue weighted by Crippen LogP contribution is 2.36. The maximum atomic E-state index is 5.01. The number of aromatic nitrogens is 2. The van der Waals surface area contributed by atoms with Crippen LogP contribution in [0.3, 0.4) is 0 Å². The van der Waals surface area contributed by atoms with E-state index >= 15 is 0 Å². The van der Waals surface area contributed by atoms with Gasteiger partial charge in [-0.3, -0.25) is 4.98 Å². The first-order valence-electron chi connectivity index (χ1n) is 9.03. The number of hydrogen-bond donors (Lipinski definition) is 0. The van der Waals surface area contributed by atoms with Crippen molar-refractivity contribution in [2.45, 2.75) is 6.42 Å². The van der Waals surface area contributed by atoms with Gasteiger partial charge in [0.05, 0.1) is 32.3 Å².